The summed E-state index contributed by atoms with van der Waals surface area (Å²) in [6.45, 7) is 0.305. The average molecular weight is 315 g/mol. The second-order valence-corrected chi connectivity index (χ2v) is 7.01. The molecule has 0 atom stereocenters. The van der Waals surface area contributed by atoms with Crippen molar-refractivity contribution in [2.24, 2.45) is 0 Å². The largest absolute Gasteiger partial charge is 0.490 e. The molecule has 0 saturated carbocycles. The lowest BCUT2D eigenvalue weighted by Gasteiger charge is -2.07. The molecule has 0 bridgehead atoms. The Bertz CT molecular complexity index is 491. The van der Waals surface area contributed by atoms with E-state index in [0.717, 1.165) is 0 Å². The Labute approximate surface area is 115 Å². The normalized spacial score (nSPS) is 11.5. The maximum Gasteiger partial charge on any atom is 0.232 e. The topological polar surface area (TPSA) is 43.4 Å². The van der Waals surface area contributed by atoms with Gasteiger partial charge in [0.1, 0.15) is 0 Å². The summed E-state index contributed by atoms with van der Waals surface area (Å²) in [4.78, 5) is 0. The van der Waals surface area contributed by atoms with Crippen molar-refractivity contribution in [3.8, 4) is 5.75 Å². The van der Waals surface area contributed by atoms with E-state index in [9.17, 15) is 12.8 Å². The molecule has 1 rings (SSSR count). The van der Waals surface area contributed by atoms with E-state index in [-0.39, 0.29) is 16.5 Å². The van der Waals surface area contributed by atoms with E-state index < -0.39 is 14.9 Å². The summed E-state index contributed by atoms with van der Waals surface area (Å²) >= 11 is 5.59. The van der Waals surface area contributed by atoms with Gasteiger partial charge in [0.2, 0.25) is 9.05 Å². The molecule has 0 saturated heterocycles. The van der Waals surface area contributed by atoms with Gasteiger partial charge in [0.15, 0.2) is 11.6 Å². The highest BCUT2D eigenvalue weighted by Gasteiger charge is 2.07. The third-order valence-corrected chi connectivity index (χ3v) is 3.74. The van der Waals surface area contributed by atoms with Crippen LogP contribution in [0.1, 0.15) is 19.3 Å². The smallest absolute Gasteiger partial charge is 0.232 e. The number of hydrogen-bond acceptors (Lipinski definition) is 3. The summed E-state index contributed by atoms with van der Waals surface area (Å²) in [5.74, 6) is -0.532. The van der Waals surface area contributed by atoms with E-state index >= 15 is 0 Å². The predicted molar refractivity (Wildman–Crippen MR) is 70.4 cm³/mol. The van der Waals surface area contributed by atoms with Crippen molar-refractivity contribution in [1.82, 2.24) is 0 Å². The highest BCUT2D eigenvalue weighted by atomic mass is 35.7. The lowest BCUT2D eigenvalue weighted by Crippen LogP contribution is -2.01. The number of hydrogen-bond donors (Lipinski definition) is 0. The van der Waals surface area contributed by atoms with E-state index in [1.807, 2.05) is 0 Å². The van der Waals surface area contributed by atoms with Crippen LogP contribution in [0.2, 0.25) is 5.02 Å². The third-order valence-electron chi connectivity index (χ3n) is 2.21. The summed E-state index contributed by atoms with van der Waals surface area (Å²) in [6, 6.07) is 4.53. The van der Waals surface area contributed by atoms with Crippen LogP contribution in [0, 0.1) is 5.82 Å². The van der Waals surface area contributed by atoms with Gasteiger partial charge in [0, 0.05) is 10.7 Å². The highest BCUT2D eigenvalue weighted by Crippen LogP contribution is 2.24. The zero-order valence-corrected chi connectivity index (χ0v) is 11.9. The number of benzene rings is 1. The van der Waals surface area contributed by atoms with Crippen LogP contribution in [0.4, 0.5) is 4.39 Å². The number of ether oxygens (including phenoxy) is 1. The SMILES string of the molecule is O=S(=O)(Cl)CCCCCOc1cccc(Cl)c1F. The number of halogens is 3. The molecule has 0 aromatic heterocycles. The van der Waals surface area contributed by atoms with Gasteiger partial charge in [0.05, 0.1) is 17.4 Å². The van der Waals surface area contributed by atoms with Crippen molar-refractivity contribution in [3.63, 3.8) is 0 Å². The Morgan fingerprint density at radius 3 is 2.61 bits per heavy atom. The van der Waals surface area contributed by atoms with E-state index in [1.54, 1.807) is 6.07 Å². The molecule has 0 unspecified atom stereocenters. The van der Waals surface area contributed by atoms with Gasteiger partial charge < -0.3 is 4.74 Å². The Morgan fingerprint density at radius 2 is 1.94 bits per heavy atom. The first kappa shape index (κ1) is 15.5. The highest BCUT2D eigenvalue weighted by molar-refractivity contribution is 8.13. The van der Waals surface area contributed by atoms with Crippen LogP contribution in [0.15, 0.2) is 18.2 Å². The molecule has 0 fully saturated rings. The Balaban J connectivity index is 2.24. The third kappa shape index (κ3) is 5.89. The summed E-state index contributed by atoms with van der Waals surface area (Å²) in [5, 5.41) is 0.0146. The summed E-state index contributed by atoms with van der Waals surface area (Å²) < 4.78 is 39.9. The molecule has 18 heavy (non-hydrogen) atoms. The van der Waals surface area contributed by atoms with Gasteiger partial charge in [-0.2, -0.15) is 0 Å². The molecule has 0 spiro atoms. The van der Waals surface area contributed by atoms with Gasteiger partial charge in [-0.15, -0.1) is 0 Å². The van der Waals surface area contributed by atoms with E-state index in [1.165, 1.54) is 12.1 Å². The van der Waals surface area contributed by atoms with Crippen LogP contribution in [0.5, 0.6) is 5.75 Å². The van der Waals surface area contributed by atoms with E-state index in [0.29, 0.717) is 25.9 Å². The van der Waals surface area contributed by atoms with Gasteiger partial charge in [0.25, 0.3) is 0 Å². The molecule has 0 N–H and O–H groups in total. The quantitative estimate of drug-likeness (QED) is 0.570. The maximum absolute atomic E-state index is 13.4. The number of unbranched alkanes of at least 4 members (excludes halogenated alkanes) is 2. The van der Waals surface area contributed by atoms with Gasteiger partial charge in [-0.3, -0.25) is 0 Å². The second kappa shape index (κ2) is 7.16. The maximum atomic E-state index is 13.4. The fourth-order valence-electron chi connectivity index (χ4n) is 1.33. The van der Waals surface area contributed by atoms with Crippen LogP contribution in [-0.4, -0.2) is 20.8 Å². The molecule has 0 aliphatic carbocycles. The van der Waals surface area contributed by atoms with Crippen LogP contribution in [0.3, 0.4) is 0 Å². The summed E-state index contributed by atoms with van der Waals surface area (Å²) in [5.41, 5.74) is 0. The standard InChI is InChI=1S/C11H13Cl2FO3S/c12-9-5-4-6-10(11(9)14)17-7-2-1-3-8-18(13,15)16/h4-6H,1-3,7-8H2. The Kier molecular flexibility index (Phi) is 6.18. The van der Waals surface area contributed by atoms with Crippen LogP contribution < -0.4 is 4.74 Å². The first-order chi connectivity index (χ1) is 8.40. The van der Waals surface area contributed by atoms with Crippen LogP contribution >= 0.6 is 22.3 Å². The molecule has 7 heteroatoms. The van der Waals surface area contributed by atoms with Crippen molar-refractivity contribution in [2.45, 2.75) is 19.3 Å². The van der Waals surface area contributed by atoms with E-state index in [2.05, 4.69) is 0 Å². The van der Waals surface area contributed by atoms with E-state index in [4.69, 9.17) is 27.0 Å². The molecule has 3 nitrogen and oxygen atoms in total. The fourth-order valence-corrected chi connectivity index (χ4v) is 2.37. The first-order valence-electron chi connectivity index (χ1n) is 5.39. The lowest BCUT2D eigenvalue weighted by molar-refractivity contribution is 0.291. The zero-order valence-electron chi connectivity index (χ0n) is 9.53. The van der Waals surface area contributed by atoms with Gasteiger partial charge in [-0.05, 0) is 31.4 Å². The molecular formula is C11H13Cl2FO3S. The van der Waals surface area contributed by atoms with Crippen molar-refractivity contribution < 1.29 is 17.5 Å². The summed E-state index contributed by atoms with van der Waals surface area (Å²) in [7, 11) is 1.63. The molecule has 0 aliphatic rings. The molecule has 0 aliphatic heterocycles. The summed E-state index contributed by atoms with van der Waals surface area (Å²) in [6.07, 6.45) is 1.74. The molecule has 102 valence electrons. The predicted octanol–water partition coefficient (Wildman–Crippen LogP) is 3.60. The van der Waals surface area contributed by atoms with Gasteiger partial charge in [-0.1, -0.05) is 17.7 Å². The monoisotopic (exact) mass is 314 g/mol. The average Bonchev–Trinajstić information content (AvgIpc) is 2.27. The molecule has 1 aromatic carbocycles. The molecule has 0 amide bonds. The Hall–Kier alpha value is -0.520. The van der Waals surface area contributed by atoms with Crippen molar-refractivity contribution in [1.29, 1.82) is 0 Å². The number of rotatable bonds is 7. The zero-order chi connectivity index (χ0) is 13.6. The van der Waals surface area contributed by atoms with Gasteiger partial charge >= 0.3 is 0 Å². The van der Waals surface area contributed by atoms with Gasteiger partial charge in [-0.25, -0.2) is 12.8 Å². The van der Waals surface area contributed by atoms with Crippen LogP contribution in [0.25, 0.3) is 0 Å². The Morgan fingerprint density at radius 1 is 1.22 bits per heavy atom. The minimum Gasteiger partial charge on any atom is -0.490 e. The lowest BCUT2D eigenvalue weighted by atomic mass is 10.2. The fraction of sp³-hybridized carbons (Fsp3) is 0.455. The van der Waals surface area contributed by atoms with Crippen LogP contribution in [-0.2, 0) is 9.05 Å². The first-order valence-corrected chi connectivity index (χ1v) is 8.25. The second-order valence-electron chi connectivity index (χ2n) is 3.70. The van der Waals surface area contributed by atoms with Crippen molar-refractivity contribution in [3.05, 3.63) is 29.0 Å². The molecule has 0 radical (unpaired) electrons. The minimum atomic E-state index is -3.42. The molecular weight excluding hydrogens is 302 g/mol. The molecule has 1 aromatic rings. The van der Waals surface area contributed by atoms with Crippen molar-refractivity contribution >= 4 is 31.3 Å². The van der Waals surface area contributed by atoms with Crippen molar-refractivity contribution in [2.75, 3.05) is 12.4 Å². The molecule has 0 heterocycles. The minimum absolute atomic E-state index is 0.0146.